The molecule has 6 heteroatoms. The van der Waals surface area contributed by atoms with Gasteiger partial charge in [-0.05, 0) is 58.3 Å². The summed E-state index contributed by atoms with van der Waals surface area (Å²) in [4.78, 5) is 28.2. The molecule has 3 aliphatic rings. The van der Waals surface area contributed by atoms with E-state index in [9.17, 15) is 9.59 Å². The van der Waals surface area contributed by atoms with Crippen LogP contribution in [0.1, 0.15) is 74.1 Å². The number of esters is 1. The average molecular weight is 396 g/mol. The highest BCUT2D eigenvalue weighted by Gasteiger charge is 2.74. The topological polar surface area (TPSA) is 65.1 Å². The number of carbonyl (C=O) groups is 2. The second kappa shape index (κ2) is 6.98. The Morgan fingerprint density at radius 1 is 1.29 bits per heavy atom. The Bertz CT molecular complexity index is 641. The maximum absolute atomic E-state index is 13.5. The second-order valence-electron chi connectivity index (χ2n) is 10.6. The largest absolute Gasteiger partial charge is 0.459 e. The molecule has 2 bridgehead atoms. The molecule has 0 spiro atoms. The smallest absolute Gasteiger partial charge is 0.351 e. The van der Waals surface area contributed by atoms with Crippen LogP contribution in [-0.2, 0) is 23.8 Å². The van der Waals surface area contributed by atoms with E-state index >= 15 is 0 Å². The van der Waals surface area contributed by atoms with Crippen LogP contribution in [0.2, 0.25) is 0 Å². The number of carbonyl (C=O) groups excluding carboxylic acids is 2. The Morgan fingerprint density at radius 2 is 1.93 bits per heavy atom. The Kier molecular flexibility index (Phi) is 5.37. The monoisotopic (exact) mass is 395 g/mol. The molecule has 1 aliphatic carbocycles. The first kappa shape index (κ1) is 21.6. The third-order valence-electron chi connectivity index (χ3n) is 6.75. The Hall–Kier alpha value is -1.14. The zero-order valence-electron chi connectivity index (χ0n) is 18.7. The number of ether oxygens (including phenoxy) is 3. The summed E-state index contributed by atoms with van der Waals surface area (Å²) in [5.74, 6) is 0.292. The van der Waals surface area contributed by atoms with Crippen LogP contribution in [0.4, 0.5) is 0 Å². The van der Waals surface area contributed by atoms with Crippen LogP contribution in [0.5, 0.6) is 0 Å². The van der Waals surface area contributed by atoms with E-state index in [1.54, 1.807) is 7.05 Å². The van der Waals surface area contributed by atoms with Crippen molar-refractivity contribution in [3.05, 3.63) is 0 Å². The molecule has 0 aromatic rings. The highest BCUT2D eigenvalue weighted by molar-refractivity contribution is 6.09. The molecule has 6 nitrogen and oxygen atoms in total. The summed E-state index contributed by atoms with van der Waals surface area (Å²) in [6.07, 6.45) is 2.64. The van der Waals surface area contributed by atoms with Gasteiger partial charge in [-0.25, -0.2) is 4.79 Å². The molecule has 2 heterocycles. The number of amides is 1. The lowest BCUT2D eigenvalue weighted by Gasteiger charge is -2.40. The molecule has 0 aromatic heterocycles. The van der Waals surface area contributed by atoms with Crippen LogP contribution in [0.15, 0.2) is 0 Å². The number of hydrogen-bond donors (Lipinski definition) is 0. The van der Waals surface area contributed by atoms with E-state index in [0.29, 0.717) is 24.2 Å². The molecule has 3 fully saturated rings. The number of hydrogen-bond acceptors (Lipinski definition) is 5. The maximum atomic E-state index is 13.5. The summed E-state index contributed by atoms with van der Waals surface area (Å²) < 4.78 is 18.3. The molecule has 1 saturated carbocycles. The summed E-state index contributed by atoms with van der Waals surface area (Å²) in [7, 11) is 1.68. The molecular formula is C22H37NO5. The first-order valence-corrected chi connectivity index (χ1v) is 10.7. The standard InChI is InChI=1S/C22H37NO5/c1-13(2)15-10-9-14(3)11-16(15)26-19(25)22-17(27-20(4,5)6)12-21(7,28-22)23(8)18(22)24/h13-17H,9-12H2,1-8H3/t14-,15+,16-,17-,21-,22+/m1/s1. The Morgan fingerprint density at radius 3 is 2.46 bits per heavy atom. The SMILES string of the molecule is CC(C)[C@@H]1CC[C@@H](C)C[C@H]1OC(=O)[C@]12O[C@](C)(C[C@H]1OC(C)(C)C)N(C)C2=O. The fourth-order valence-corrected chi connectivity index (χ4v) is 5.08. The zero-order chi connectivity index (χ0) is 21.1. The van der Waals surface area contributed by atoms with Gasteiger partial charge in [-0.3, -0.25) is 4.79 Å². The van der Waals surface area contributed by atoms with Gasteiger partial charge in [0.25, 0.3) is 11.5 Å². The van der Waals surface area contributed by atoms with E-state index in [1.165, 1.54) is 4.90 Å². The summed E-state index contributed by atoms with van der Waals surface area (Å²) in [5.41, 5.74) is -3.04. The minimum absolute atomic E-state index is 0.185. The number of fused-ring (bicyclic) bond motifs is 2. The van der Waals surface area contributed by atoms with E-state index in [-0.39, 0.29) is 12.0 Å². The van der Waals surface area contributed by atoms with E-state index in [0.717, 1.165) is 19.3 Å². The Labute approximate surface area is 169 Å². The minimum atomic E-state index is -1.70. The van der Waals surface area contributed by atoms with Gasteiger partial charge in [0.05, 0.1) is 5.60 Å². The highest BCUT2D eigenvalue weighted by Crippen LogP contribution is 2.51. The Balaban J connectivity index is 1.89. The molecular weight excluding hydrogens is 358 g/mol. The molecule has 160 valence electrons. The van der Waals surface area contributed by atoms with Gasteiger partial charge in [0.2, 0.25) is 0 Å². The molecule has 0 unspecified atom stereocenters. The minimum Gasteiger partial charge on any atom is -0.459 e. The average Bonchev–Trinajstić information content (AvgIpc) is 2.95. The second-order valence-corrected chi connectivity index (χ2v) is 10.6. The van der Waals surface area contributed by atoms with Crippen LogP contribution in [0.25, 0.3) is 0 Å². The first-order chi connectivity index (χ1) is 12.8. The molecule has 2 aliphatic heterocycles. The van der Waals surface area contributed by atoms with Gasteiger partial charge in [-0.1, -0.05) is 27.2 Å². The molecule has 6 atom stereocenters. The van der Waals surface area contributed by atoms with Crippen LogP contribution < -0.4 is 0 Å². The van der Waals surface area contributed by atoms with Gasteiger partial charge in [0.1, 0.15) is 17.9 Å². The lowest BCUT2D eigenvalue weighted by molar-refractivity contribution is -0.196. The summed E-state index contributed by atoms with van der Waals surface area (Å²) >= 11 is 0. The van der Waals surface area contributed by atoms with Crippen molar-refractivity contribution in [1.29, 1.82) is 0 Å². The van der Waals surface area contributed by atoms with Crippen LogP contribution >= 0.6 is 0 Å². The van der Waals surface area contributed by atoms with E-state index < -0.39 is 29.0 Å². The highest BCUT2D eigenvalue weighted by atomic mass is 16.6. The molecule has 0 aromatic carbocycles. The van der Waals surface area contributed by atoms with Crippen molar-refractivity contribution in [3.63, 3.8) is 0 Å². The number of rotatable bonds is 4. The molecule has 0 N–H and O–H groups in total. The van der Waals surface area contributed by atoms with Crippen LogP contribution in [0.3, 0.4) is 0 Å². The number of likely N-dealkylation sites (N-methyl/N-ethyl adjacent to an activating group) is 1. The van der Waals surface area contributed by atoms with E-state index in [2.05, 4.69) is 20.8 Å². The van der Waals surface area contributed by atoms with Crippen molar-refractivity contribution in [1.82, 2.24) is 4.90 Å². The van der Waals surface area contributed by atoms with Gasteiger partial charge in [0.15, 0.2) is 0 Å². The lowest BCUT2D eigenvalue weighted by Crippen LogP contribution is -2.61. The van der Waals surface area contributed by atoms with Crippen molar-refractivity contribution < 1.29 is 23.8 Å². The first-order valence-electron chi connectivity index (χ1n) is 10.7. The van der Waals surface area contributed by atoms with Gasteiger partial charge in [-0.15, -0.1) is 0 Å². The molecule has 3 rings (SSSR count). The summed E-state index contributed by atoms with van der Waals surface area (Å²) in [6, 6.07) is 0. The van der Waals surface area contributed by atoms with Crippen molar-refractivity contribution in [3.8, 4) is 0 Å². The van der Waals surface area contributed by atoms with Crippen molar-refractivity contribution in [2.75, 3.05) is 7.05 Å². The lowest BCUT2D eigenvalue weighted by atomic mass is 9.75. The van der Waals surface area contributed by atoms with Crippen LogP contribution in [0, 0.1) is 17.8 Å². The van der Waals surface area contributed by atoms with Gasteiger partial charge in [0, 0.05) is 13.5 Å². The summed E-state index contributed by atoms with van der Waals surface area (Å²) in [6.45, 7) is 14.1. The van der Waals surface area contributed by atoms with E-state index in [4.69, 9.17) is 14.2 Å². The third kappa shape index (κ3) is 3.47. The van der Waals surface area contributed by atoms with Crippen molar-refractivity contribution in [2.45, 2.75) is 103 Å². The zero-order valence-corrected chi connectivity index (χ0v) is 18.7. The fraction of sp³-hybridized carbons (Fsp3) is 0.909. The number of likely N-dealkylation sites (tertiary alicyclic amines) is 1. The van der Waals surface area contributed by atoms with E-state index in [1.807, 2.05) is 27.7 Å². The predicted octanol–water partition coefficient (Wildman–Crippen LogP) is 3.52. The number of piperidine rings is 1. The van der Waals surface area contributed by atoms with Gasteiger partial charge < -0.3 is 19.1 Å². The fourth-order valence-electron chi connectivity index (χ4n) is 5.08. The van der Waals surface area contributed by atoms with Gasteiger partial charge >= 0.3 is 5.97 Å². The quantitative estimate of drug-likeness (QED) is 0.538. The molecule has 1 amide bonds. The summed E-state index contributed by atoms with van der Waals surface area (Å²) in [5, 5.41) is 0. The number of nitrogens with zero attached hydrogens (tertiary/aromatic N) is 1. The molecule has 0 radical (unpaired) electrons. The van der Waals surface area contributed by atoms with Gasteiger partial charge in [-0.2, -0.15) is 0 Å². The van der Waals surface area contributed by atoms with Crippen molar-refractivity contribution >= 4 is 11.9 Å². The molecule has 28 heavy (non-hydrogen) atoms. The maximum Gasteiger partial charge on any atom is 0.351 e. The predicted molar refractivity (Wildman–Crippen MR) is 105 cm³/mol. The van der Waals surface area contributed by atoms with Crippen LogP contribution in [-0.4, -0.2) is 53.0 Å². The third-order valence-corrected chi connectivity index (χ3v) is 6.75. The normalized spacial score (nSPS) is 41.0. The molecule has 2 saturated heterocycles. The van der Waals surface area contributed by atoms with Crippen molar-refractivity contribution in [2.24, 2.45) is 17.8 Å².